The van der Waals surface area contributed by atoms with Crippen LogP contribution in [0.3, 0.4) is 0 Å². The average Bonchev–Trinajstić information content (AvgIpc) is 2.50. The van der Waals surface area contributed by atoms with Crippen molar-refractivity contribution in [3.8, 4) is 0 Å². The highest BCUT2D eigenvalue weighted by atomic mass is 19.2. The maximum absolute atomic E-state index is 13.3. The molecule has 0 amide bonds. The van der Waals surface area contributed by atoms with E-state index in [1.165, 1.54) is 23.0 Å². The smallest absolute Gasteiger partial charge is 0.261 e. The van der Waals surface area contributed by atoms with Gasteiger partial charge >= 0.3 is 0 Å². The number of aromatic nitrogens is 2. The first kappa shape index (κ1) is 14.3. The van der Waals surface area contributed by atoms with Crippen molar-refractivity contribution in [2.45, 2.75) is 13.0 Å². The Morgan fingerprint density at radius 3 is 2.41 bits per heavy atom. The lowest BCUT2D eigenvalue weighted by Gasteiger charge is -2.07. The van der Waals surface area contributed by atoms with Gasteiger partial charge in [-0.15, -0.1) is 0 Å². The van der Waals surface area contributed by atoms with E-state index in [-0.39, 0.29) is 16.7 Å². The molecule has 0 aliphatic heterocycles. The van der Waals surface area contributed by atoms with Gasteiger partial charge in [0, 0.05) is 12.6 Å². The van der Waals surface area contributed by atoms with Gasteiger partial charge in [0.15, 0.2) is 11.6 Å². The minimum absolute atomic E-state index is 0.0282. The van der Waals surface area contributed by atoms with Gasteiger partial charge in [-0.2, -0.15) is 0 Å². The quantitative estimate of drug-likeness (QED) is 0.745. The number of aryl methyl sites for hydroxylation is 2. The number of nitrogens with zero attached hydrogens (tertiary/aromatic N) is 2. The van der Waals surface area contributed by atoms with Crippen LogP contribution < -0.4 is 5.56 Å². The lowest BCUT2D eigenvalue weighted by atomic mass is 10.1. The first-order chi connectivity index (χ1) is 10.5. The van der Waals surface area contributed by atoms with Gasteiger partial charge in [0.05, 0.1) is 17.2 Å². The van der Waals surface area contributed by atoms with Crippen LogP contribution in [0.15, 0.2) is 47.5 Å². The Labute approximate surface area is 123 Å². The zero-order valence-electron chi connectivity index (χ0n) is 11.4. The van der Waals surface area contributed by atoms with Gasteiger partial charge in [-0.3, -0.25) is 9.36 Å². The van der Waals surface area contributed by atoms with Crippen LogP contribution in [-0.4, -0.2) is 9.55 Å². The Balaban J connectivity index is 1.91. The van der Waals surface area contributed by atoms with E-state index in [1.54, 1.807) is 12.1 Å². The first-order valence-electron chi connectivity index (χ1n) is 6.63. The summed E-state index contributed by atoms with van der Waals surface area (Å²) in [5.74, 6) is -2.45. The highest BCUT2D eigenvalue weighted by Crippen LogP contribution is 2.13. The molecular formula is C16H11F3N2O. The molecule has 0 bridgehead atoms. The van der Waals surface area contributed by atoms with Crippen molar-refractivity contribution in [3.05, 3.63) is 76.1 Å². The molecule has 6 heteroatoms. The molecule has 3 aromatic rings. The Morgan fingerprint density at radius 1 is 1.00 bits per heavy atom. The zero-order chi connectivity index (χ0) is 15.7. The minimum Gasteiger partial charge on any atom is -0.298 e. The van der Waals surface area contributed by atoms with Gasteiger partial charge in [0.1, 0.15) is 5.82 Å². The second-order valence-electron chi connectivity index (χ2n) is 4.90. The average molecular weight is 304 g/mol. The summed E-state index contributed by atoms with van der Waals surface area (Å²) in [5, 5.41) is 0.0282. The highest BCUT2D eigenvalue weighted by molar-refractivity contribution is 5.77. The largest absolute Gasteiger partial charge is 0.298 e. The molecule has 0 N–H and O–H groups in total. The van der Waals surface area contributed by atoms with Crippen LogP contribution >= 0.6 is 0 Å². The van der Waals surface area contributed by atoms with Crippen molar-refractivity contribution in [1.82, 2.24) is 9.55 Å². The molecule has 0 spiro atoms. The molecular weight excluding hydrogens is 293 g/mol. The number of hydrogen-bond donors (Lipinski definition) is 0. The maximum Gasteiger partial charge on any atom is 0.261 e. The summed E-state index contributed by atoms with van der Waals surface area (Å²) in [5.41, 5.74) is 0.534. The van der Waals surface area contributed by atoms with E-state index in [0.29, 0.717) is 13.0 Å². The minimum atomic E-state index is -1.08. The summed E-state index contributed by atoms with van der Waals surface area (Å²) >= 11 is 0. The topological polar surface area (TPSA) is 34.9 Å². The lowest BCUT2D eigenvalue weighted by Crippen LogP contribution is -2.22. The number of halogens is 3. The molecule has 1 heterocycles. The van der Waals surface area contributed by atoms with Crippen LogP contribution in [0, 0.1) is 17.5 Å². The molecule has 2 aromatic carbocycles. The van der Waals surface area contributed by atoms with Crippen LogP contribution in [0.25, 0.3) is 10.9 Å². The van der Waals surface area contributed by atoms with E-state index in [4.69, 9.17) is 0 Å². The molecule has 0 aliphatic rings. The van der Waals surface area contributed by atoms with E-state index >= 15 is 0 Å². The Morgan fingerprint density at radius 2 is 1.68 bits per heavy atom. The molecule has 0 aliphatic carbocycles. The summed E-state index contributed by atoms with van der Waals surface area (Å²) < 4.78 is 40.5. The van der Waals surface area contributed by atoms with Crippen molar-refractivity contribution >= 4 is 10.9 Å². The molecule has 3 nitrogen and oxygen atoms in total. The number of rotatable bonds is 3. The van der Waals surface area contributed by atoms with Gasteiger partial charge < -0.3 is 0 Å². The van der Waals surface area contributed by atoms with Crippen LogP contribution in [0.1, 0.15) is 5.56 Å². The van der Waals surface area contributed by atoms with Crippen molar-refractivity contribution in [2.75, 3.05) is 0 Å². The molecule has 0 atom stereocenters. The predicted octanol–water partition coefficient (Wildman–Crippen LogP) is 3.06. The maximum atomic E-state index is 13.3. The van der Waals surface area contributed by atoms with Gasteiger partial charge in [-0.1, -0.05) is 12.1 Å². The van der Waals surface area contributed by atoms with Crippen LogP contribution in [0.2, 0.25) is 0 Å². The standard InChI is InChI=1S/C16H11F3N2O/c17-11-3-1-10(2-4-11)5-6-21-9-20-15-8-14(19)13(18)7-12(15)16(21)22/h1-4,7-9H,5-6H2. The van der Waals surface area contributed by atoms with E-state index < -0.39 is 17.2 Å². The van der Waals surface area contributed by atoms with Gasteiger partial charge in [0.25, 0.3) is 5.56 Å². The molecule has 0 fully saturated rings. The SMILES string of the molecule is O=c1c2cc(F)c(F)cc2ncn1CCc1ccc(F)cc1. The van der Waals surface area contributed by atoms with Crippen LogP contribution in [0.5, 0.6) is 0 Å². The fourth-order valence-corrected chi connectivity index (χ4v) is 2.21. The monoisotopic (exact) mass is 304 g/mol. The predicted molar refractivity (Wildman–Crippen MR) is 76.0 cm³/mol. The highest BCUT2D eigenvalue weighted by Gasteiger charge is 2.09. The molecule has 0 saturated heterocycles. The fourth-order valence-electron chi connectivity index (χ4n) is 2.21. The molecule has 22 heavy (non-hydrogen) atoms. The second kappa shape index (κ2) is 5.63. The van der Waals surface area contributed by atoms with Gasteiger partial charge in [-0.05, 0) is 30.2 Å². The Hall–Kier alpha value is -2.63. The van der Waals surface area contributed by atoms with Crippen molar-refractivity contribution in [3.63, 3.8) is 0 Å². The lowest BCUT2D eigenvalue weighted by molar-refractivity contribution is 0.510. The molecule has 112 valence electrons. The third-order valence-corrected chi connectivity index (χ3v) is 3.42. The third kappa shape index (κ3) is 2.72. The van der Waals surface area contributed by atoms with E-state index in [1.807, 2.05) is 0 Å². The molecule has 3 rings (SSSR count). The van der Waals surface area contributed by atoms with E-state index in [2.05, 4.69) is 4.98 Å². The van der Waals surface area contributed by atoms with Crippen LogP contribution in [-0.2, 0) is 13.0 Å². The molecule has 0 radical (unpaired) electrons. The third-order valence-electron chi connectivity index (χ3n) is 3.42. The molecule has 0 unspecified atom stereocenters. The summed E-state index contributed by atoms with van der Waals surface area (Å²) in [7, 11) is 0. The van der Waals surface area contributed by atoms with Crippen molar-refractivity contribution < 1.29 is 13.2 Å². The fraction of sp³-hybridized carbons (Fsp3) is 0.125. The van der Waals surface area contributed by atoms with Gasteiger partial charge in [0.2, 0.25) is 0 Å². The Kier molecular flexibility index (Phi) is 3.66. The summed E-state index contributed by atoms with van der Waals surface area (Å²) in [4.78, 5) is 16.2. The van der Waals surface area contributed by atoms with Crippen LogP contribution in [0.4, 0.5) is 13.2 Å². The zero-order valence-corrected chi connectivity index (χ0v) is 11.4. The number of benzene rings is 2. The van der Waals surface area contributed by atoms with Crippen molar-refractivity contribution in [2.24, 2.45) is 0 Å². The molecule has 1 aromatic heterocycles. The Bertz CT molecular complexity index is 888. The summed E-state index contributed by atoms with van der Waals surface area (Å²) in [6.45, 7) is 0.312. The van der Waals surface area contributed by atoms with E-state index in [9.17, 15) is 18.0 Å². The first-order valence-corrected chi connectivity index (χ1v) is 6.63. The second-order valence-corrected chi connectivity index (χ2v) is 4.90. The summed E-state index contributed by atoms with van der Waals surface area (Å²) in [6, 6.07) is 7.70. The summed E-state index contributed by atoms with van der Waals surface area (Å²) in [6.07, 6.45) is 1.79. The normalized spacial score (nSPS) is 11.0. The number of hydrogen-bond acceptors (Lipinski definition) is 2. The number of fused-ring (bicyclic) bond motifs is 1. The molecule has 0 saturated carbocycles. The van der Waals surface area contributed by atoms with E-state index in [0.717, 1.165) is 17.7 Å². The van der Waals surface area contributed by atoms with Crippen molar-refractivity contribution in [1.29, 1.82) is 0 Å². The van der Waals surface area contributed by atoms with Gasteiger partial charge in [-0.25, -0.2) is 18.2 Å².